The van der Waals surface area contributed by atoms with Crippen LogP contribution in [-0.4, -0.2) is 53.0 Å². The predicted molar refractivity (Wildman–Crippen MR) is 118 cm³/mol. The molecule has 1 aliphatic rings. The van der Waals surface area contributed by atoms with Gasteiger partial charge in [0.1, 0.15) is 5.75 Å². The molecule has 0 bridgehead atoms. The number of anilines is 1. The molecule has 1 heterocycles. The van der Waals surface area contributed by atoms with Crippen molar-refractivity contribution >= 4 is 21.6 Å². The Morgan fingerprint density at radius 2 is 1.45 bits per heavy atom. The summed E-state index contributed by atoms with van der Waals surface area (Å²) in [5, 5.41) is 2.76. The van der Waals surface area contributed by atoms with Crippen molar-refractivity contribution in [3.05, 3.63) is 42.0 Å². The smallest absolute Gasteiger partial charge is 0.259 e. The summed E-state index contributed by atoms with van der Waals surface area (Å²) in [6.45, 7) is 0.975. The van der Waals surface area contributed by atoms with E-state index < -0.39 is 15.9 Å². The van der Waals surface area contributed by atoms with Crippen molar-refractivity contribution in [1.29, 1.82) is 0 Å². The Kier molecular flexibility index (Phi) is 7.40. The van der Waals surface area contributed by atoms with E-state index in [4.69, 9.17) is 14.2 Å². The summed E-state index contributed by atoms with van der Waals surface area (Å²) in [6, 6.07) is 9.33. The second-order valence-corrected chi connectivity index (χ2v) is 9.14. The monoisotopic (exact) mass is 448 g/mol. The number of sulfonamides is 1. The van der Waals surface area contributed by atoms with Gasteiger partial charge in [-0.15, -0.1) is 0 Å². The van der Waals surface area contributed by atoms with Crippen LogP contribution in [0.15, 0.2) is 41.3 Å². The Bertz CT molecular complexity index is 1030. The van der Waals surface area contributed by atoms with Gasteiger partial charge < -0.3 is 19.5 Å². The number of hydrogen-bond donors (Lipinski definition) is 1. The molecule has 0 atom stereocenters. The fraction of sp³-hybridized carbons (Fsp3) is 0.409. The summed E-state index contributed by atoms with van der Waals surface area (Å²) in [4.78, 5) is 13.1. The lowest BCUT2D eigenvalue weighted by atomic mass is 10.1. The molecule has 1 amide bonds. The zero-order chi connectivity index (χ0) is 22.4. The van der Waals surface area contributed by atoms with E-state index in [1.165, 1.54) is 43.8 Å². The van der Waals surface area contributed by atoms with Gasteiger partial charge in [-0.1, -0.05) is 12.8 Å². The summed E-state index contributed by atoms with van der Waals surface area (Å²) in [6.07, 6.45) is 3.71. The minimum atomic E-state index is -3.70. The summed E-state index contributed by atoms with van der Waals surface area (Å²) < 4.78 is 43.6. The Morgan fingerprint density at radius 1 is 0.839 bits per heavy atom. The first kappa shape index (κ1) is 22.9. The fourth-order valence-electron chi connectivity index (χ4n) is 3.57. The molecule has 8 nitrogen and oxygen atoms in total. The summed E-state index contributed by atoms with van der Waals surface area (Å²) >= 11 is 0. The molecule has 2 aromatic carbocycles. The molecular weight excluding hydrogens is 420 g/mol. The number of methoxy groups -OCH3 is 3. The third-order valence-electron chi connectivity index (χ3n) is 5.26. The van der Waals surface area contributed by atoms with Gasteiger partial charge >= 0.3 is 0 Å². The number of ether oxygens (including phenoxy) is 3. The van der Waals surface area contributed by atoms with Gasteiger partial charge in [-0.2, -0.15) is 4.31 Å². The number of nitrogens with one attached hydrogen (secondary N) is 1. The minimum absolute atomic E-state index is 0.0765. The first-order chi connectivity index (χ1) is 14.9. The van der Waals surface area contributed by atoms with E-state index in [0.717, 1.165) is 25.7 Å². The van der Waals surface area contributed by atoms with Gasteiger partial charge in [0.2, 0.25) is 10.0 Å². The first-order valence-electron chi connectivity index (χ1n) is 10.1. The SMILES string of the molecule is COc1ccc(NC(=O)c2cc(S(=O)(=O)N3CCCCCC3)ccc2OC)cc1OC. The van der Waals surface area contributed by atoms with Crippen LogP contribution in [0.1, 0.15) is 36.0 Å². The number of carbonyl (C=O) groups is 1. The second-order valence-electron chi connectivity index (χ2n) is 7.20. The van der Waals surface area contributed by atoms with Gasteiger partial charge in [0.15, 0.2) is 11.5 Å². The minimum Gasteiger partial charge on any atom is -0.496 e. The van der Waals surface area contributed by atoms with Crippen LogP contribution in [0.2, 0.25) is 0 Å². The maximum atomic E-state index is 13.1. The number of amides is 1. The lowest BCUT2D eigenvalue weighted by Crippen LogP contribution is -2.32. The average Bonchev–Trinajstić information content (AvgIpc) is 3.08. The van der Waals surface area contributed by atoms with Crippen LogP contribution in [-0.2, 0) is 10.0 Å². The van der Waals surface area contributed by atoms with Crippen LogP contribution in [0.3, 0.4) is 0 Å². The van der Waals surface area contributed by atoms with Crippen molar-refractivity contribution in [3.63, 3.8) is 0 Å². The molecule has 0 aromatic heterocycles. The van der Waals surface area contributed by atoms with E-state index in [1.54, 1.807) is 18.2 Å². The van der Waals surface area contributed by atoms with Crippen LogP contribution in [0.25, 0.3) is 0 Å². The summed E-state index contributed by atoms with van der Waals surface area (Å²) in [5.41, 5.74) is 0.610. The van der Waals surface area contributed by atoms with Gasteiger partial charge in [-0.25, -0.2) is 8.42 Å². The van der Waals surface area contributed by atoms with Crippen molar-refractivity contribution in [2.45, 2.75) is 30.6 Å². The highest BCUT2D eigenvalue weighted by Gasteiger charge is 2.27. The second kappa shape index (κ2) is 10.0. The number of hydrogen-bond acceptors (Lipinski definition) is 6. The quantitative estimate of drug-likeness (QED) is 0.696. The van der Waals surface area contributed by atoms with Gasteiger partial charge in [0, 0.05) is 24.8 Å². The topological polar surface area (TPSA) is 94.2 Å². The van der Waals surface area contributed by atoms with Crippen LogP contribution < -0.4 is 19.5 Å². The van der Waals surface area contributed by atoms with E-state index in [0.29, 0.717) is 30.3 Å². The zero-order valence-electron chi connectivity index (χ0n) is 18.0. The highest BCUT2D eigenvalue weighted by molar-refractivity contribution is 7.89. The normalized spacial score (nSPS) is 15.1. The molecule has 1 saturated heterocycles. The molecule has 2 aromatic rings. The van der Waals surface area contributed by atoms with Crippen molar-refractivity contribution in [2.24, 2.45) is 0 Å². The molecular formula is C22H28N2O6S. The van der Waals surface area contributed by atoms with E-state index in [-0.39, 0.29) is 16.2 Å². The lowest BCUT2D eigenvalue weighted by molar-refractivity contribution is 0.102. The van der Waals surface area contributed by atoms with Crippen LogP contribution >= 0.6 is 0 Å². The summed E-state index contributed by atoms with van der Waals surface area (Å²) in [7, 11) is 0.767. The number of nitrogens with zero attached hydrogens (tertiary/aromatic N) is 1. The van der Waals surface area contributed by atoms with E-state index in [9.17, 15) is 13.2 Å². The Morgan fingerprint density at radius 3 is 2.06 bits per heavy atom. The molecule has 1 fully saturated rings. The largest absolute Gasteiger partial charge is 0.496 e. The molecule has 0 aliphatic carbocycles. The molecule has 0 radical (unpaired) electrons. The standard InChI is InChI=1S/C22H28N2O6S/c1-28-19-11-9-17(31(26,27)24-12-6-4-5-7-13-24)15-18(19)22(25)23-16-8-10-20(29-2)21(14-16)30-3/h8-11,14-15H,4-7,12-13H2,1-3H3,(H,23,25). The van der Waals surface area contributed by atoms with E-state index >= 15 is 0 Å². The third kappa shape index (κ3) is 5.11. The zero-order valence-corrected chi connectivity index (χ0v) is 18.8. The molecule has 9 heteroatoms. The molecule has 1 aliphatic heterocycles. The average molecular weight is 449 g/mol. The van der Waals surface area contributed by atoms with Crippen LogP contribution in [0.4, 0.5) is 5.69 Å². The Balaban J connectivity index is 1.90. The van der Waals surface area contributed by atoms with Crippen molar-refractivity contribution in [3.8, 4) is 17.2 Å². The maximum Gasteiger partial charge on any atom is 0.259 e. The Hall–Kier alpha value is -2.78. The predicted octanol–water partition coefficient (Wildman–Crippen LogP) is 3.53. The highest BCUT2D eigenvalue weighted by Crippen LogP contribution is 2.31. The molecule has 1 N–H and O–H groups in total. The first-order valence-corrected chi connectivity index (χ1v) is 11.6. The third-order valence-corrected chi connectivity index (χ3v) is 7.15. The van der Waals surface area contributed by atoms with Gasteiger partial charge in [-0.3, -0.25) is 4.79 Å². The molecule has 168 valence electrons. The van der Waals surface area contributed by atoms with Crippen LogP contribution in [0, 0.1) is 0 Å². The van der Waals surface area contributed by atoms with Gasteiger partial charge in [0.25, 0.3) is 5.91 Å². The van der Waals surface area contributed by atoms with Crippen molar-refractivity contribution in [2.75, 3.05) is 39.7 Å². The molecule has 0 saturated carbocycles. The number of carbonyl (C=O) groups excluding carboxylic acids is 1. The maximum absolute atomic E-state index is 13.1. The molecule has 0 unspecified atom stereocenters. The lowest BCUT2D eigenvalue weighted by Gasteiger charge is -2.20. The van der Waals surface area contributed by atoms with Gasteiger partial charge in [0.05, 0.1) is 31.8 Å². The number of benzene rings is 2. The Labute approximate surface area is 183 Å². The van der Waals surface area contributed by atoms with Crippen molar-refractivity contribution in [1.82, 2.24) is 4.31 Å². The molecule has 0 spiro atoms. The molecule has 3 rings (SSSR count). The van der Waals surface area contributed by atoms with Crippen LogP contribution in [0.5, 0.6) is 17.2 Å². The number of rotatable bonds is 7. The molecule has 31 heavy (non-hydrogen) atoms. The highest BCUT2D eigenvalue weighted by atomic mass is 32.2. The van der Waals surface area contributed by atoms with Crippen molar-refractivity contribution < 1.29 is 27.4 Å². The van der Waals surface area contributed by atoms with E-state index in [2.05, 4.69) is 5.32 Å². The fourth-order valence-corrected chi connectivity index (χ4v) is 5.11. The summed E-state index contributed by atoms with van der Waals surface area (Å²) in [5.74, 6) is 0.790. The van der Waals surface area contributed by atoms with Gasteiger partial charge in [-0.05, 0) is 43.2 Å². The van der Waals surface area contributed by atoms with E-state index in [1.807, 2.05) is 0 Å².